The quantitative estimate of drug-likeness (QED) is 0.888. The molecule has 0 aliphatic heterocycles. The van der Waals surface area contributed by atoms with E-state index in [0.29, 0.717) is 12.3 Å². The van der Waals surface area contributed by atoms with Crippen LogP contribution in [0.25, 0.3) is 0 Å². The normalized spacial score (nSPS) is 10.2. The third kappa shape index (κ3) is 4.10. The van der Waals surface area contributed by atoms with Gasteiger partial charge in [-0.05, 0) is 36.8 Å². The number of hydrogen-bond donors (Lipinski definition) is 2. The number of nitrogens with one attached hydrogen (secondary N) is 1. The van der Waals surface area contributed by atoms with Crippen LogP contribution in [0, 0.1) is 0 Å². The molecule has 21 heavy (non-hydrogen) atoms. The lowest BCUT2D eigenvalue weighted by atomic mass is 10.2. The number of nitrogen functional groups attached to an aromatic ring is 1. The van der Waals surface area contributed by atoms with Crippen molar-refractivity contribution in [2.24, 2.45) is 0 Å². The standard InChI is InChI=1S/C15H16ClN3O2/c1-2-7-21-11-5-3-10(4-6-11)19-15(20)12-8-14(17)18-9-13(12)16/h3-6,8-9H,2,7H2,1H3,(H2,17,18)(H,19,20). The topological polar surface area (TPSA) is 77.2 Å². The van der Waals surface area contributed by atoms with Crippen molar-refractivity contribution in [1.82, 2.24) is 4.98 Å². The summed E-state index contributed by atoms with van der Waals surface area (Å²) in [6.45, 7) is 2.70. The summed E-state index contributed by atoms with van der Waals surface area (Å²) in [5.41, 5.74) is 6.49. The summed E-state index contributed by atoms with van der Waals surface area (Å²) < 4.78 is 5.48. The minimum Gasteiger partial charge on any atom is -0.494 e. The predicted octanol–water partition coefficient (Wildman–Crippen LogP) is 3.36. The van der Waals surface area contributed by atoms with Gasteiger partial charge in [-0.15, -0.1) is 0 Å². The number of hydrogen-bond acceptors (Lipinski definition) is 4. The molecule has 0 saturated heterocycles. The molecule has 0 spiro atoms. The predicted molar refractivity (Wildman–Crippen MR) is 83.8 cm³/mol. The number of anilines is 2. The summed E-state index contributed by atoms with van der Waals surface area (Å²) in [5, 5.41) is 3.00. The van der Waals surface area contributed by atoms with Gasteiger partial charge in [0.1, 0.15) is 11.6 Å². The molecule has 110 valence electrons. The van der Waals surface area contributed by atoms with Crippen molar-refractivity contribution in [1.29, 1.82) is 0 Å². The zero-order chi connectivity index (χ0) is 15.2. The molecule has 1 heterocycles. The zero-order valence-corrected chi connectivity index (χ0v) is 12.4. The van der Waals surface area contributed by atoms with Crippen molar-refractivity contribution in [3.05, 3.63) is 47.1 Å². The molecule has 0 radical (unpaired) electrons. The van der Waals surface area contributed by atoms with Gasteiger partial charge in [-0.25, -0.2) is 4.98 Å². The fraction of sp³-hybridized carbons (Fsp3) is 0.200. The van der Waals surface area contributed by atoms with Gasteiger partial charge in [0.15, 0.2) is 0 Å². The van der Waals surface area contributed by atoms with E-state index in [1.165, 1.54) is 12.3 Å². The average Bonchev–Trinajstić information content (AvgIpc) is 2.49. The maximum absolute atomic E-state index is 12.1. The average molecular weight is 306 g/mol. The number of nitrogens with two attached hydrogens (primary N) is 1. The maximum Gasteiger partial charge on any atom is 0.257 e. The number of carbonyl (C=O) groups excluding carboxylic acids is 1. The Hall–Kier alpha value is -2.27. The lowest BCUT2D eigenvalue weighted by Gasteiger charge is -2.09. The van der Waals surface area contributed by atoms with Gasteiger partial charge in [-0.2, -0.15) is 0 Å². The highest BCUT2D eigenvalue weighted by Gasteiger charge is 2.11. The van der Waals surface area contributed by atoms with Crippen molar-refractivity contribution in [3.63, 3.8) is 0 Å². The van der Waals surface area contributed by atoms with Crippen LogP contribution in [0.4, 0.5) is 11.5 Å². The fourth-order valence-corrected chi connectivity index (χ4v) is 1.87. The monoisotopic (exact) mass is 305 g/mol. The number of aromatic nitrogens is 1. The Balaban J connectivity index is 2.07. The van der Waals surface area contributed by atoms with Crippen LogP contribution in [-0.4, -0.2) is 17.5 Å². The molecule has 0 aliphatic rings. The molecule has 1 aromatic heterocycles. The van der Waals surface area contributed by atoms with E-state index in [1.54, 1.807) is 24.3 Å². The second-order valence-electron chi connectivity index (χ2n) is 4.42. The maximum atomic E-state index is 12.1. The fourth-order valence-electron chi connectivity index (χ4n) is 1.68. The van der Waals surface area contributed by atoms with Crippen LogP contribution in [-0.2, 0) is 0 Å². The summed E-state index contributed by atoms with van der Waals surface area (Å²) in [6.07, 6.45) is 2.30. The number of ether oxygens (including phenoxy) is 1. The molecule has 2 rings (SSSR count). The van der Waals surface area contributed by atoms with Crippen molar-refractivity contribution in [3.8, 4) is 5.75 Å². The van der Waals surface area contributed by atoms with Gasteiger partial charge in [0.05, 0.1) is 17.2 Å². The Morgan fingerprint density at radius 3 is 2.76 bits per heavy atom. The Labute approximate surface area is 128 Å². The van der Waals surface area contributed by atoms with Gasteiger partial charge in [-0.3, -0.25) is 4.79 Å². The third-order valence-corrected chi connectivity index (χ3v) is 3.01. The Bertz CT molecular complexity index is 629. The summed E-state index contributed by atoms with van der Waals surface area (Å²) in [7, 11) is 0. The van der Waals surface area contributed by atoms with E-state index < -0.39 is 0 Å². The van der Waals surface area contributed by atoms with E-state index in [4.69, 9.17) is 22.1 Å². The second kappa shape index (κ2) is 6.95. The molecule has 5 nitrogen and oxygen atoms in total. The molecule has 2 aromatic rings. The van der Waals surface area contributed by atoms with E-state index in [9.17, 15) is 4.79 Å². The van der Waals surface area contributed by atoms with Gasteiger partial charge >= 0.3 is 0 Å². The Morgan fingerprint density at radius 2 is 2.10 bits per heavy atom. The van der Waals surface area contributed by atoms with Gasteiger partial charge in [0.2, 0.25) is 0 Å². The number of halogens is 1. The van der Waals surface area contributed by atoms with Crippen molar-refractivity contribution in [2.45, 2.75) is 13.3 Å². The zero-order valence-electron chi connectivity index (χ0n) is 11.6. The van der Waals surface area contributed by atoms with Gasteiger partial charge in [0, 0.05) is 11.9 Å². The molecule has 6 heteroatoms. The highest BCUT2D eigenvalue weighted by Crippen LogP contribution is 2.20. The molecular formula is C15H16ClN3O2. The van der Waals surface area contributed by atoms with Crippen molar-refractivity contribution < 1.29 is 9.53 Å². The lowest BCUT2D eigenvalue weighted by Crippen LogP contribution is -2.13. The molecule has 1 amide bonds. The van der Waals surface area contributed by atoms with Crippen LogP contribution in [0.15, 0.2) is 36.5 Å². The first-order valence-corrected chi connectivity index (χ1v) is 6.93. The Kier molecular flexibility index (Phi) is 5.00. The summed E-state index contributed by atoms with van der Waals surface area (Å²) >= 11 is 5.94. The highest BCUT2D eigenvalue weighted by atomic mass is 35.5. The van der Waals surface area contributed by atoms with E-state index in [0.717, 1.165) is 12.2 Å². The molecule has 0 saturated carbocycles. The largest absolute Gasteiger partial charge is 0.494 e. The van der Waals surface area contributed by atoms with E-state index >= 15 is 0 Å². The molecule has 0 unspecified atom stereocenters. The molecule has 1 aromatic carbocycles. The van der Waals surface area contributed by atoms with Crippen LogP contribution in [0.5, 0.6) is 5.75 Å². The molecule has 3 N–H and O–H groups in total. The number of pyridine rings is 1. The number of benzene rings is 1. The van der Waals surface area contributed by atoms with Crippen LogP contribution in [0.2, 0.25) is 5.02 Å². The minimum absolute atomic E-state index is 0.243. The van der Waals surface area contributed by atoms with E-state index in [2.05, 4.69) is 10.3 Å². The molecule has 0 bridgehead atoms. The molecule has 0 atom stereocenters. The van der Waals surface area contributed by atoms with Crippen molar-refractivity contribution >= 4 is 29.0 Å². The summed E-state index contributed by atoms with van der Waals surface area (Å²) in [6, 6.07) is 8.57. The number of nitrogens with zero attached hydrogens (tertiary/aromatic N) is 1. The van der Waals surface area contributed by atoms with E-state index in [-0.39, 0.29) is 22.3 Å². The SMILES string of the molecule is CCCOc1ccc(NC(=O)c2cc(N)ncc2Cl)cc1. The number of amides is 1. The first kappa shape index (κ1) is 15.1. The minimum atomic E-state index is -0.337. The van der Waals surface area contributed by atoms with Crippen molar-refractivity contribution in [2.75, 3.05) is 17.7 Å². The van der Waals surface area contributed by atoms with E-state index in [1.807, 2.05) is 6.92 Å². The first-order chi connectivity index (χ1) is 10.1. The summed E-state index contributed by atoms with van der Waals surface area (Å²) in [4.78, 5) is 16.0. The van der Waals surface area contributed by atoms with Crippen LogP contribution in [0.1, 0.15) is 23.7 Å². The Morgan fingerprint density at radius 1 is 1.38 bits per heavy atom. The van der Waals surface area contributed by atoms with Crippen LogP contribution in [0.3, 0.4) is 0 Å². The molecule has 0 aliphatic carbocycles. The number of carbonyl (C=O) groups is 1. The van der Waals surface area contributed by atoms with Crippen LogP contribution >= 0.6 is 11.6 Å². The summed E-state index contributed by atoms with van der Waals surface area (Å²) in [5.74, 6) is 0.672. The second-order valence-corrected chi connectivity index (χ2v) is 4.82. The smallest absolute Gasteiger partial charge is 0.257 e. The molecule has 0 fully saturated rings. The number of rotatable bonds is 5. The van der Waals surface area contributed by atoms with Gasteiger partial charge in [0.25, 0.3) is 5.91 Å². The third-order valence-electron chi connectivity index (χ3n) is 2.71. The highest BCUT2D eigenvalue weighted by molar-refractivity contribution is 6.34. The van der Waals surface area contributed by atoms with Gasteiger partial charge in [-0.1, -0.05) is 18.5 Å². The first-order valence-electron chi connectivity index (χ1n) is 6.55. The molecular weight excluding hydrogens is 290 g/mol. The van der Waals surface area contributed by atoms with Gasteiger partial charge < -0.3 is 15.8 Å². The lowest BCUT2D eigenvalue weighted by molar-refractivity contribution is 0.102. The van der Waals surface area contributed by atoms with Crippen LogP contribution < -0.4 is 15.8 Å².